The van der Waals surface area contributed by atoms with E-state index >= 15 is 0 Å². The number of ketones is 1. The summed E-state index contributed by atoms with van der Waals surface area (Å²) in [7, 11) is 0. The summed E-state index contributed by atoms with van der Waals surface area (Å²) >= 11 is 0. The second kappa shape index (κ2) is 3.74. The number of aromatic nitrogens is 2. The standard InChI is InChI=1S/C13H14N2O/c16-12(10-4-5-10)7-6-11-9-15-8-2-1-3-13(15)14-11/h1-3,8-10H,4-7H2. The molecule has 0 radical (unpaired) electrons. The van der Waals surface area contributed by atoms with Crippen molar-refractivity contribution in [1.82, 2.24) is 9.38 Å². The zero-order chi connectivity index (χ0) is 11.0. The Morgan fingerprint density at radius 2 is 2.31 bits per heavy atom. The van der Waals surface area contributed by atoms with E-state index in [1.54, 1.807) is 0 Å². The number of hydrogen-bond acceptors (Lipinski definition) is 2. The minimum atomic E-state index is 0.372. The first-order chi connectivity index (χ1) is 7.83. The number of nitrogens with zero attached hydrogens (tertiary/aromatic N) is 2. The lowest BCUT2D eigenvalue weighted by Crippen LogP contribution is -2.02. The molecule has 0 aromatic carbocycles. The van der Waals surface area contributed by atoms with Crippen molar-refractivity contribution in [2.24, 2.45) is 5.92 Å². The molecule has 0 bridgehead atoms. The number of carbonyl (C=O) groups is 1. The van der Waals surface area contributed by atoms with Gasteiger partial charge < -0.3 is 4.40 Å². The van der Waals surface area contributed by atoms with Crippen LogP contribution in [0, 0.1) is 5.92 Å². The monoisotopic (exact) mass is 214 g/mol. The maximum Gasteiger partial charge on any atom is 0.136 e. The minimum absolute atomic E-state index is 0.372. The van der Waals surface area contributed by atoms with E-state index < -0.39 is 0 Å². The van der Waals surface area contributed by atoms with Crippen LogP contribution in [-0.2, 0) is 11.2 Å². The predicted octanol–water partition coefficient (Wildman–Crippen LogP) is 2.25. The quantitative estimate of drug-likeness (QED) is 0.782. The third-order valence-corrected chi connectivity index (χ3v) is 3.07. The summed E-state index contributed by atoms with van der Waals surface area (Å²) in [5.74, 6) is 0.786. The van der Waals surface area contributed by atoms with Crippen molar-refractivity contribution >= 4 is 11.4 Å². The molecule has 0 spiro atoms. The number of Topliss-reactive ketones (excluding diaryl/α,β-unsaturated/α-hetero) is 1. The molecule has 3 rings (SSSR count). The third-order valence-electron chi connectivity index (χ3n) is 3.07. The van der Waals surface area contributed by atoms with Crippen LogP contribution in [0.25, 0.3) is 5.65 Å². The molecule has 0 atom stereocenters. The van der Waals surface area contributed by atoms with Gasteiger partial charge in [-0.15, -0.1) is 0 Å². The molecule has 0 saturated heterocycles. The SMILES string of the molecule is O=C(CCc1cn2ccccc2n1)C1CC1. The van der Waals surface area contributed by atoms with Crippen molar-refractivity contribution in [1.29, 1.82) is 0 Å². The lowest BCUT2D eigenvalue weighted by molar-refractivity contribution is -0.120. The van der Waals surface area contributed by atoms with Crippen LogP contribution in [-0.4, -0.2) is 15.2 Å². The Bertz CT molecular complexity index is 492. The van der Waals surface area contributed by atoms with E-state index in [4.69, 9.17) is 0 Å². The van der Waals surface area contributed by atoms with Gasteiger partial charge in [-0.05, 0) is 31.4 Å². The van der Waals surface area contributed by atoms with E-state index in [0.29, 0.717) is 18.1 Å². The van der Waals surface area contributed by atoms with Crippen molar-refractivity contribution in [2.45, 2.75) is 25.7 Å². The molecule has 1 aliphatic rings. The van der Waals surface area contributed by atoms with Crippen LogP contribution in [0.2, 0.25) is 0 Å². The molecule has 1 aliphatic carbocycles. The van der Waals surface area contributed by atoms with Gasteiger partial charge in [-0.1, -0.05) is 6.07 Å². The second-order valence-electron chi connectivity index (χ2n) is 4.44. The molecule has 16 heavy (non-hydrogen) atoms. The molecule has 2 aromatic rings. The van der Waals surface area contributed by atoms with E-state index in [2.05, 4.69) is 4.98 Å². The van der Waals surface area contributed by atoms with E-state index in [0.717, 1.165) is 30.6 Å². The molecule has 0 unspecified atom stereocenters. The van der Waals surface area contributed by atoms with Crippen LogP contribution >= 0.6 is 0 Å². The Labute approximate surface area is 94.1 Å². The van der Waals surface area contributed by atoms with E-state index in [1.807, 2.05) is 35.0 Å². The first-order valence-electron chi connectivity index (χ1n) is 5.78. The number of hydrogen-bond donors (Lipinski definition) is 0. The van der Waals surface area contributed by atoms with Crippen LogP contribution in [0.1, 0.15) is 25.0 Å². The zero-order valence-electron chi connectivity index (χ0n) is 9.10. The fraction of sp³-hybridized carbons (Fsp3) is 0.385. The van der Waals surface area contributed by atoms with Crippen LogP contribution in [0.4, 0.5) is 0 Å². The number of rotatable bonds is 4. The molecule has 2 aromatic heterocycles. The van der Waals surface area contributed by atoms with Crippen molar-refractivity contribution in [2.75, 3.05) is 0 Å². The fourth-order valence-electron chi connectivity index (χ4n) is 1.97. The Morgan fingerprint density at radius 1 is 1.44 bits per heavy atom. The maximum absolute atomic E-state index is 11.6. The number of fused-ring (bicyclic) bond motifs is 1. The highest BCUT2D eigenvalue weighted by molar-refractivity contribution is 5.83. The van der Waals surface area contributed by atoms with Gasteiger partial charge in [0.05, 0.1) is 5.69 Å². The molecule has 0 N–H and O–H groups in total. The molecule has 1 fully saturated rings. The van der Waals surface area contributed by atoms with Crippen molar-refractivity contribution in [3.8, 4) is 0 Å². The van der Waals surface area contributed by atoms with Gasteiger partial charge in [-0.2, -0.15) is 0 Å². The third kappa shape index (κ3) is 1.85. The number of imidazole rings is 1. The van der Waals surface area contributed by atoms with E-state index in [9.17, 15) is 4.79 Å². The maximum atomic E-state index is 11.6. The van der Waals surface area contributed by atoms with Crippen molar-refractivity contribution < 1.29 is 4.79 Å². The summed E-state index contributed by atoms with van der Waals surface area (Å²) in [5, 5.41) is 0. The summed E-state index contributed by atoms with van der Waals surface area (Å²) in [5.41, 5.74) is 1.97. The molecule has 2 heterocycles. The lowest BCUT2D eigenvalue weighted by atomic mass is 10.1. The molecule has 0 amide bonds. The van der Waals surface area contributed by atoms with Crippen LogP contribution in [0.5, 0.6) is 0 Å². The molecule has 0 aliphatic heterocycles. The highest BCUT2D eigenvalue weighted by atomic mass is 16.1. The highest BCUT2D eigenvalue weighted by Crippen LogP contribution is 2.31. The molecular formula is C13H14N2O. The smallest absolute Gasteiger partial charge is 0.136 e. The van der Waals surface area contributed by atoms with Gasteiger partial charge in [0.25, 0.3) is 0 Å². The van der Waals surface area contributed by atoms with Gasteiger partial charge in [0.2, 0.25) is 0 Å². The van der Waals surface area contributed by atoms with Crippen LogP contribution in [0.15, 0.2) is 30.6 Å². The van der Waals surface area contributed by atoms with Crippen LogP contribution < -0.4 is 0 Å². The summed E-state index contributed by atoms with van der Waals surface area (Å²) in [6.07, 6.45) is 7.61. The van der Waals surface area contributed by atoms with Crippen molar-refractivity contribution in [3.63, 3.8) is 0 Å². The Balaban J connectivity index is 1.71. The zero-order valence-corrected chi connectivity index (χ0v) is 9.10. The summed E-state index contributed by atoms with van der Waals surface area (Å²) in [4.78, 5) is 16.0. The lowest BCUT2D eigenvalue weighted by Gasteiger charge is -1.94. The molecule has 82 valence electrons. The first kappa shape index (κ1) is 9.58. The topological polar surface area (TPSA) is 34.4 Å². The van der Waals surface area contributed by atoms with E-state index in [1.165, 1.54) is 0 Å². The Morgan fingerprint density at radius 3 is 3.06 bits per heavy atom. The Hall–Kier alpha value is -1.64. The molecular weight excluding hydrogens is 200 g/mol. The number of pyridine rings is 1. The van der Waals surface area contributed by atoms with Gasteiger partial charge in [0, 0.05) is 24.7 Å². The minimum Gasteiger partial charge on any atom is -0.307 e. The summed E-state index contributed by atoms with van der Waals surface area (Å²) in [6.45, 7) is 0. The normalized spacial score (nSPS) is 15.5. The first-order valence-corrected chi connectivity index (χ1v) is 5.78. The molecule has 1 saturated carbocycles. The average Bonchev–Trinajstić information content (AvgIpc) is 3.06. The van der Waals surface area contributed by atoms with Gasteiger partial charge in [-0.3, -0.25) is 4.79 Å². The van der Waals surface area contributed by atoms with Gasteiger partial charge in [-0.25, -0.2) is 4.98 Å². The average molecular weight is 214 g/mol. The largest absolute Gasteiger partial charge is 0.307 e. The molecule has 3 heteroatoms. The van der Waals surface area contributed by atoms with Gasteiger partial charge in [0.15, 0.2) is 0 Å². The van der Waals surface area contributed by atoms with E-state index in [-0.39, 0.29) is 0 Å². The predicted molar refractivity (Wildman–Crippen MR) is 61.2 cm³/mol. The number of aryl methyl sites for hydroxylation is 1. The van der Waals surface area contributed by atoms with Crippen molar-refractivity contribution in [3.05, 3.63) is 36.3 Å². The highest BCUT2D eigenvalue weighted by Gasteiger charge is 2.28. The number of carbonyl (C=O) groups excluding carboxylic acids is 1. The van der Waals surface area contributed by atoms with Crippen LogP contribution in [0.3, 0.4) is 0 Å². The fourth-order valence-corrected chi connectivity index (χ4v) is 1.97. The second-order valence-corrected chi connectivity index (χ2v) is 4.44. The summed E-state index contributed by atoms with van der Waals surface area (Å²) in [6, 6.07) is 5.93. The summed E-state index contributed by atoms with van der Waals surface area (Å²) < 4.78 is 2.00. The Kier molecular flexibility index (Phi) is 2.24. The van der Waals surface area contributed by atoms with Gasteiger partial charge >= 0.3 is 0 Å². The van der Waals surface area contributed by atoms with Gasteiger partial charge in [0.1, 0.15) is 11.4 Å². The molecule has 3 nitrogen and oxygen atoms in total.